The summed E-state index contributed by atoms with van der Waals surface area (Å²) in [7, 11) is 0. The molecule has 3 rings (SSSR count). The Hall–Kier alpha value is -0.810. The highest BCUT2D eigenvalue weighted by molar-refractivity contribution is 7.98. The molecule has 5 heteroatoms. The molecule has 3 nitrogen and oxygen atoms in total. The number of hydrogen-bond donors (Lipinski definition) is 1. The predicted molar refractivity (Wildman–Crippen MR) is 89.7 cm³/mol. The number of nitrogens with zero attached hydrogens (tertiary/aromatic N) is 2. The van der Waals surface area contributed by atoms with Crippen molar-refractivity contribution in [2.24, 2.45) is 5.92 Å². The van der Waals surface area contributed by atoms with E-state index in [1.165, 1.54) is 31.4 Å². The molecule has 0 unspecified atom stereocenters. The second kappa shape index (κ2) is 6.76. The second-order valence-electron chi connectivity index (χ2n) is 5.32. The molecule has 20 heavy (non-hydrogen) atoms. The van der Waals surface area contributed by atoms with E-state index in [0.29, 0.717) is 0 Å². The van der Waals surface area contributed by atoms with Crippen molar-refractivity contribution in [2.75, 3.05) is 17.6 Å². The maximum atomic E-state index is 4.69. The molecule has 0 aromatic carbocycles. The molecule has 0 aliphatic heterocycles. The zero-order valence-corrected chi connectivity index (χ0v) is 13.5. The van der Waals surface area contributed by atoms with Crippen LogP contribution in [0.2, 0.25) is 0 Å². The normalized spacial score (nSPS) is 16.1. The van der Waals surface area contributed by atoms with E-state index >= 15 is 0 Å². The molecule has 0 atom stereocenters. The Morgan fingerprint density at radius 2 is 2.20 bits per heavy atom. The summed E-state index contributed by atoms with van der Waals surface area (Å²) in [6.07, 6.45) is 5.68. The van der Waals surface area contributed by atoms with Gasteiger partial charge in [0.05, 0.1) is 11.1 Å². The molecule has 0 bridgehead atoms. The minimum absolute atomic E-state index is 0.899. The highest BCUT2D eigenvalue weighted by Gasteiger charge is 2.15. The average Bonchev–Trinajstić information content (AvgIpc) is 3.09. The fourth-order valence-electron chi connectivity index (χ4n) is 2.76. The van der Waals surface area contributed by atoms with E-state index in [4.69, 9.17) is 4.98 Å². The Bertz CT molecular complexity index is 561. The van der Waals surface area contributed by atoms with Gasteiger partial charge in [0.2, 0.25) is 0 Å². The summed E-state index contributed by atoms with van der Waals surface area (Å²) in [4.78, 5) is 10.5. The van der Waals surface area contributed by atoms with Gasteiger partial charge in [-0.2, -0.15) is 11.8 Å². The van der Waals surface area contributed by atoms with Crippen LogP contribution in [0.15, 0.2) is 11.4 Å². The zero-order chi connectivity index (χ0) is 13.8. The summed E-state index contributed by atoms with van der Waals surface area (Å²) in [6, 6.07) is 2.10. The van der Waals surface area contributed by atoms with E-state index in [1.807, 2.05) is 11.8 Å². The summed E-state index contributed by atoms with van der Waals surface area (Å²) in [6.45, 7) is 3.01. The molecule has 1 aliphatic rings. The molecule has 2 heterocycles. The maximum absolute atomic E-state index is 4.69. The standard InChI is InChI=1S/C15H21N3S2/c1-2-16-14-12-7-8-20-15(12)18-13(17-14)10-19-9-11-5-3-4-6-11/h7-8,11H,2-6,9-10H2,1H3,(H,16,17,18). The molecule has 0 spiro atoms. The molecule has 108 valence electrons. The van der Waals surface area contributed by atoms with Crippen molar-refractivity contribution < 1.29 is 0 Å². The molecule has 0 amide bonds. The largest absolute Gasteiger partial charge is 0.370 e. The highest BCUT2D eigenvalue weighted by Crippen LogP contribution is 2.30. The lowest BCUT2D eigenvalue weighted by Gasteiger charge is -2.09. The van der Waals surface area contributed by atoms with Crippen LogP contribution in [0, 0.1) is 5.92 Å². The molecular weight excluding hydrogens is 286 g/mol. The third-order valence-corrected chi connectivity index (χ3v) is 5.75. The molecule has 1 aliphatic carbocycles. The first kappa shape index (κ1) is 14.1. The van der Waals surface area contributed by atoms with Gasteiger partial charge in [-0.05, 0) is 42.9 Å². The van der Waals surface area contributed by atoms with Crippen molar-refractivity contribution in [3.05, 3.63) is 17.3 Å². The lowest BCUT2D eigenvalue weighted by Crippen LogP contribution is -2.04. The smallest absolute Gasteiger partial charge is 0.142 e. The van der Waals surface area contributed by atoms with Crippen molar-refractivity contribution in [2.45, 2.75) is 38.4 Å². The SMILES string of the molecule is CCNc1nc(CSCC2CCCC2)nc2sccc12. The van der Waals surface area contributed by atoms with E-state index in [2.05, 4.69) is 28.7 Å². The van der Waals surface area contributed by atoms with Gasteiger partial charge in [0.1, 0.15) is 16.5 Å². The van der Waals surface area contributed by atoms with Gasteiger partial charge in [0.15, 0.2) is 0 Å². The molecule has 2 aromatic heterocycles. The number of hydrogen-bond acceptors (Lipinski definition) is 5. The zero-order valence-electron chi connectivity index (χ0n) is 11.9. The number of nitrogens with one attached hydrogen (secondary N) is 1. The van der Waals surface area contributed by atoms with Gasteiger partial charge >= 0.3 is 0 Å². The van der Waals surface area contributed by atoms with Crippen molar-refractivity contribution in [1.29, 1.82) is 0 Å². The first-order valence-electron chi connectivity index (χ1n) is 7.42. The fourth-order valence-corrected chi connectivity index (χ4v) is 4.64. The van der Waals surface area contributed by atoms with E-state index in [9.17, 15) is 0 Å². The Balaban J connectivity index is 1.67. The van der Waals surface area contributed by atoms with Gasteiger partial charge in [0, 0.05) is 6.54 Å². The van der Waals surface area contributed by atoms with Gasteiger partial charge < -0.3 is 5.32 Å². The molecular formula is C15H21N3S2. The predicted octanol–water partition coefficient (Wildman–Crippen LogP) is 4.55. The monoisotopic (exact) mass is 307 g/mol. The van der Waals surface area contributed by atoms with Gasteiger partial charge in [0.25, 0.3) is 0 Å². The van der Waals surface area contributed by atoms with Crippen LogP contribution in [0.4, 0.5) is 5.82 Å². The summed E-state index contributed by atoms with van der Waals surface area (Å²) in [5.74, 6) is 5.10. The van der Waals surface area contributed by atoms with Crippen LogP contribution in [0.25, 0.3) is 10.2 Å². The van der Waals surface area contributed by atoms with Gasteiger partial charge in [-0.25, -0.2) is 9.97 Å². The van der Waals surface area contributed by atoms with Crippen molar-refractivity contribution in [1.82, 2.24) is 9.97 Å². The summed E-state index contributed by atoms with van der Waals surface area (Å²) < 4.78 is 0. The number of aromatic nitrogens is 2. The first-order valence-corrected chi connectivity index (χ1v) is 9.46. The minimum Gasteiger partial charge on any atom is -0.370 e. The third kappa shape index (κ3) is 3.26. The van der Waals surface area contributed by atoms with E-state index in [-0.39, 0.29) is 0 Å². The van der Waals surface area contributed by atoms with Crippen LogP contribution in [0.1, 0.15) is 38.4 Å². The quantitative estimate of drug-likeness (QED) is 0.850. The number of rotatable bonds is 6. The highest BCUT2D eigenvalue weighted by atomic mass is 32.2. The fraction of sp³-hybridized carbons (Fsp3) is 0.600. The molecule has 1 saturated carbocycles. The summed E-state index contributed by atoms with van der Waals surface area (Å²) >= 11 is 3.69. The Kier molecular flexibility index (Phi) is 4.78. The van der Waals surface area contributed by atoms with Crippen molar-refractivity contribution >= 4 is 39.1 Å². The third-order valence-electron chi connectivity index (χ3n) is 3.78. The molecule has 1 fully saturated rings. The van der Waals surface area contributed by atoms with Crippen LogP contribution in [0.3, 0.4) is 0 Å². The topological polar surface area (TPSA) is 37.8 Å². The number of anilines is 1. The van der Waals surface area contributed by atoms with Crippen LogP contribution in [0.5, 0.6) is 0 Å². The molecule has 1 N–H and O–H groups in total. The lowest BCUT2D eigenvalue weighted by molar-refractivity contribution is 0.623. The van der Waals surface area contributed by atoms with Crippen molar-refractivity contribution in [3.63, 3.8) is 0 Å². The van der Waals surface area contributed by atoms with Crippen LogP contribution >= 0.6 is 23.1 Å². The second-order valence-corrected chi connectivity index (χ2v) is 7.25. The van der Waals surface area contributed by atoms with Crippen molar-refractivity contribution in [3.8, 4) is 0 Å². The van der Waals surface area contributed by atoms with E-state index < -0.39 is 0 Å². The Labute approximate surface area is 128 Å². The van der Waals surface area contributed by atoms with Gasteiger partial charge in [-0.3, -0.25) is 0 Å². The van der Waals surface area contributed by atoms with Crippen LogP contribution in [-0.2, 0) is 5.75 Å². The van der Waals surface area contributed by atoms with Crippen LogP contribution in [-0.4, -0.2) is 22.3 Å². The molecule has 2 aromatic rings. The number of thioether (sulfide) groups is 1. The first-order chi connectivity index (χ1) is 9.86. The van der Waals surface area contributed by atoms with E-state index in [0.717, 1.165) is 40.1 Å². The Morgan fingerprint density at radius 3 is 3.00 bits per heavy atom. The van der Waals surface area contributed by atoms with Gasteiger partial charge in [-0.15, -0.1) is 11.3 Å². The lowest BCUT2D eigenvalue weighted by atomic mass is 10.1. The molecule has 0 saturated heterocycles. The summed E-state index contributed by atoms with van der Waals surface area (Å²) in [5, 5.41) is 6.60. The molecule has 0 radical (unpaired) electrons. The maximum Gasteiger partial charge on any atom is 0.142 e. The Morgan fingerprint density at radius 1 is 1.35 bits per heavy atom. The van der Waals surface area contributed by atoms with E-state index in [1.54, 1.807) is 11.3 Å². The summed E-state index contributed by atoms with van der Waals surface area (Å²) in [5.41, 5.74) is 0. The average molecular weight is 307 g/mol. The number of thiophene rings is 1. The number of fused-ring (bicyclic) bond motifs is 1. The minimum atomic E-state index is 0.899. The van der Waals surface area contributed by atoms with Gasteiger partial charge in [-0.1, -0.05) is 12.8 Å². The van der Waals surface area contributed by atoms with Crippen LogP contribution < -0.4 is 5.32 Å².